The van der Waals surface area contributed by atoms with Crippen molar-refractivity contribution in [1.29, 1.82) is 0 Å². The molecular formula is C18H26N4O3. The zero-order valence-corrected chi connectivity index (χ0v) is 15.2. The van der Waals surface area contributed by atoms with E-state index in [9.17, 15) is 5.11 Å². The highest BCUT2D eigenvalue weighted by Crippen LogP contribution is 2.18. The molecule has 1 aromatic heterocycles. The number of methoxy groups -OCH3 is 1. The summed E-state index contributed by atoms with van der Waals surface area (Å²) in [6.45, 7) is 7.13. The second-order valence-corrected chi connectivity index (χ2v) is 5.62. The van der Waals surface area contributed by atoms with Crippen LogP contribution in [0.15, 0.2) is 33.7 Å². The van der Waals surface area contributed by atoms with E-state index in [0.717, 1.165) is 17.0 Å². The minimum atomic E-state index is -0.676. The van der Waals surface area contributed by atoms with Crippen LogP contribution in [-0.2, 0) is 6.54 Å². The summed E-state index contributed by atoms with van der Waals surface area (Å²) < 4.78 is 10.7. The predicted octanol–water partition coefficient (Wildman–Crippen LogP) is 2.09. The van der Waals surface area contributed by atoms with Crippen LogP contribution in [0.3, 0.4) is 0 Å². The van der Waals surface area contributed by atoms with Crippen LogP contribution in [0.25, 0.3) is 0 Å². The molecule has 1 heterocycles. The number of hydrogen-bond acceptors (Lipinski definition) is 5. The minimum absolute atomic E-state index is 0.322. The van der Waals surface area contributed by atoms with Gasteiger partial charge in [0.15, 0.2) is 5.96 Å². The fourth-order valence-corrected chi connectivity index (χ4v) is 2.26. The molecule has 0 radical (unpaired) electrons. The van der Waals surface area contributed by atoms with Gasteiger partial charge in [0, 0.05) is 13.1 Å². The lowest BCUT2D eigenvalue weighted by Gasteiger charge is -2.16. The summed E-state index contributed by atoms with van der Waals surface area (Å²) in [6, 6.07) is 7.37. The fourth-order valence-electron chi connectivity index (χ4n) is 2.26. The SMILES string of the molecule is CCNC(=NCc1nc(C)c(C)o1)NCC(O)c1cccc(OC)c1. The van der Waals surface area contributed by atoms with Crippen molar-refractivity contribution in [2.45, 2.75) is 33.4 Å². The van der Waals surface area contributed by atoms with Crippen molar-refractivity contribution in [3.8, 4) is 5.75 Å². The van der Waals surface area contributed by atoms with Gasteiger partial charge in [-0.15, -0.1) is 0 Å². The summed E-state index contributed by atoms with van der Waals surface area (Å²) in [5.41, 5.74) is 1.65. The highest BCUT2D eigenvalue weighted by molar-refractivity contribution is 5.79. The molecule has 136 valence electrons. The van der Waals surface area contributed by atoms with Crippen molar-refractivity contribution in [2.24, 2.45) is 4.99 Å². The topological polar surface area (TPSA) is 91.9 Å². The first kappa shape index (κ1) is 18.8. The third-order valence-electron chi connectivity index (χ3n) is 3.73. The Morgan fingerprint density at radius 3 is 2.80 bits per heavy atom. The van der Waals surface area contributed by atoms with Gasteiger partial charge in [0.25, 0.3) is 0 Å². The molecule has 0 bridgehead atoms. The summed E-state index contributed by atoms with van der Waals surface area (Å²) in [4.78, 5) is 8.75. The van der Waals surface area contributed by atoms with Crippen molar-refractivity contribution in [3.63, 3.8) is 0 Å². The average molecular weight is 346 g/mol. The Kier molecular flexibility index (Phi) is 6.82. The highest BCUT2D eigenvalue weighted by atomic mass is 16.5. The Bertz CT molecular complexity index is 693. The minimum Gasteiger partial charge on any atom is -0.497 e. The molecule has 2 aromatic rings. The Morgan fingerprint density at radius 2 is 2.16 bits per heavy atom. The lowest BCUT2D eigenvalue weighted by Crippen LogP contribution is -2.39. The Labute approximate surface area is 148 Å². The molecule has 0 amide bonds. The molecule has 2 rings (SSSR count). The maximum Gasteiger partial charge on any atom is 0.216 e. The summed E-state index contributed by atoms with van der Waals surface area (Å²) in [6.07, 6.45) is -0.676. The number of oxazole rings is 1. The molecule has 3 N–H and O–H groups in total. The molecule has 25 heavy (non-hydrogen) atoms. The number of nitrogens with zero attached hydrogens (tertiary/aromatic N) is 2. The summed E-state index contributed by atoms with van der Waals surface area (Å²) in [7, 11) is 1.60. The largest absolute Gasteiger partial charge is 0.497 e. The summed E-state index contributed by atoms with van der Waals surface area (Å²) >= 11 is 0. The number of aliphatic hydroxyl groups excluding tert-OH is 1. The van der Waals surface area contributed by atoms with Crippen molar-refractivity contribution in [1.82, 2.24) is 15.6 Å². The third kappa shape index (κ3) is 5.49. The smallest absolute Gasteiger partial charge is 0.216 e. The number of hydrogen-bond donors (Lipinski definition) is 3. The number of rotatable bonds is 7. The van der Waals surface area contributed by atoms with E-state index < -0.39 is 6.10 Å². The number of ether oxygens (including phenoxy) is 1. The van der Waals surface area contributed by atoms with Crippen molar-refractivity contribution in [2.75, 3.05) is 20.2 Å². The Hall–Kier alpha value is -2.54. The van der Waals surface area contributed by atoms with Crippen LogP contribution in [-0.4, -0.2) is 36.2 Å². The van der Waals surface area contributed by atoms with Gasteiger partial charge in [-0.25, -0.2) is 9.98 Å². The molecule has 0 spiro atoms. The van der Waals surface area contributed by atoms with Crippen LogP contribution in [0.2, 0.25) is 0 Å². The van der Waals surface area contributed by atoms with Crippen LogP contribution < -0.4 is 15.4 Å². The Morgan fingerprint density at radius 1 is 1.36 bits per heavy atom. The first-order chi connectivity index (χ1) is 12.0. The summed E-state index contributed by atoms with van der Waals surface area (Å²) in [5.74, 6) is 2.68. The van der Waals surface area contributed by atoms with Crippen LogP contribution in [0.5, 0.6) is 5.75 Å². The van der Waals surface area contributed by atoms with Crippen LogP contribution in [0.1, 0.15) is 35.9 Å². The van der Waals surface area contributed by atoms with Gasteiger partial charge >= 0.3 is 0 Å². The van der Waals surface area contributed by atoms with Crippen LogP contribution in [0.4, 0.5) is 0 Å². The normalized spacial score (nSPS) is 12.8. The maximum atomic E-state index is 10.4. The number of aliphatic imine (C=N–C) groups is 1. The quantitative estimate of drug-likeness (QED) is 0.525. The third-order valence-corrected chi connectivity index (χ3v) is 3.73. The van der Waals surface area contributed by atoms with Crippen molar-refractivity contribution in [3.05, 3.63) is 47.2 Å². The standard InChI is InChI=1S/C18H26N4O3/c1-5-19-18(21-11-17-22-12(2)13(3)25-17)20-10-16(23)14-7-6-8-15(9-14)24-4/h6-9,16,23H,5,10-11H2,1-4H3,(H2,19,20,21). The van der Waals surface area contributed by atoms with Gasteiger partial charge in [-0.05, 0) is 38.5 Å². The van der Waals surface area contributed by atoms with Crippen LogP contribution in [0, 0.1) is 13.8 Å². The van der Waals surface area contributed by atoms with E-state index in [2.05, 4.69) is 20.6 Å². The molecule has 1 atom stereocenters. The molecule has 0 saturated carbocycles. The zero-order chi connectivity index (χ0) is 18.2. The number of guanidine groups is 1. The first-order valence-corrected chi connectivity index (χ1v) is 8.30. The van der Waals surface area contributed by atoms with Crippen molar-refractivity contribution < 1.29 is 14.3 Å². The highest BCUT2D eigenvalue weighted by Gasteiger charge is 2.10. The monoisotopic (exact) mass is 346 g/mol. The van der Waals surface area contributed by atoms with Crippen LogP contribution >= 0.6 is 0 Å². The number of aliphatic hydroxyl groups is 1. The van der Waals surface area contributed by atoms with E-state index in [-0.39, 0.29) is 0 Å². The first-order valence-electron chi connectivity index (χ1n) is 8.30. The lowest BCUT2D eigenvalue weighted by molar-refractivity contribution is 0.180. The lowest BCUT2D eigenvalue weighted by atomic mass is 10.1. The number of aromatic nitrogens is 1. The van der Waals surface area contributed by atoms with E-state index >= 15 is 0 Å². The van der Waals surface area contributed by atoms with Gasteiger partial charge in [-0.2, -0.15) is 0 Å². The molecule has 0 fully saturated rings. The average Bonchev–Trinajstić information content (AvgIpc) is 2.95. The van der Waals surface area contributed by atoms with Gasteiger partial charge in [0.2, 0.25) is 5.89 Å². The van der Waals surface area contributed by atoms with E-state index in [4.69, 9.17) is 9.15 Å². The molecular weight excluding hydrogens is 320 g/mol. The molecule has 0 aliphatic carbocycles. The molecule has 1 aromatic carbocycles. The zero-order valence-electron chi connectivity index (χ0n) is 15.2. The number of aryl methyl sites for hydroxylation is 2. The maximum absolute atomic E-state index is 10.4. The second-order valence-electron chi connectivity index (χ2n) is 5.62. The van der Waals surface area contributed by atoms with Gasteiger partial charge in [-0.1, -0.05) is 12.1 Å². The molecule has 0 saturated heterocycles. The molecule has 0 aliphatic heterocycles. The summed E-state index contributed by atoms with van der Waals surface area (Å²) in [5, 5.41) is 16.6. The van der Waals surface area contributed by atoms with Gasteiger partial charge in [0.1, 0.15) is 18.1 Å². The predicted molar refractivity (Wildman–Crippen MR) is 96.7 cm³/mol. The van der Waals surface area contributed by atoms with Gasteiger partial charge < -0.3 is 24.9 Å². The second kappa shape index (κ2) is 9.08. The molecule has 7 nitrogen and oxygen atoms in total. The number of benzene rings is 1. The molecule has 7 heteroatoms. The van der Waals surface area contributed by atoms with Gasteiger partial charge in [0.05, 0.1) is 18.9 Å². The van der Waals surface area contributed by atoms with E-state index in [1.807, 2.05) is 45.0 Å². The fraction of sp³-hybridized carbons (Fsp3) is 0.444. The number of nitrogens with one attached hydrogen (secondary N) is 2. The van der Waals surface area contributed by atoms with E-state index in [1.165, 1.54) is 0 Å². The van der Waals surface area contributed by atoms with E-state index in [1.54, 1.807) is 7.11 Å². The molecule has 0 aliphatic rings. The molecule has 1 unspecified atom stereocenters. The van der Waals surface area contributed by atoms with E-state index in [0.29, 0.717) is 37.2 Å². The van der Waals surface area contributed by atoms with Crippen molar-refractivity contribution >= 4 is 5.96 Å². The Balaban J connectivity index is 1.96. The van der Waals surface area contributed by atoms with Gasteiger partial charge in [-0.3, -0.25) is 0 Å².